The normalized spacial score (nSPS) is 12.2. The van der Waals surface area contributed by atoms with E-state index >= 15 is 0 Å². The van der Waals surface area contributed by atoms with Gasteiger partial charge in [0, 0.05) is 6.20 Å². The van der Waals surface area contributed by atoms with Gasteiger partial charge in [0.1, 0.15) is 5.69 Å². The summed E-state index contributed by atoms with van der Waals surface area (Å²) >= 11 is 0. The van der Waals surface area contributed by atoms with Crippen molar-refractivity contribution in [2.75, 3.05) is 0 Å². The Bertz CT molecular complexity index is 306. The number of hydrogen-bond donors (Lipinski definition) is 0. The topological polar surface area (TPSA) is 39.2 Å². The van der Waals surface area contributed by atoms with Crippen molar-refractivity contribution in [1.82, 2.24) is 4.98 Å². The second-order valence-electron chi connectivity index (χ2n) is 3.34. The van der Waals surface area contributed by atoms with Gasteiger partial charge in [0.25, 0.3) is 0 Å². The molecule has 0 saturated carbocycles. The Morgan fingerprint density at radius 2 is 2.29 bits per heavy atom. The summed E-state index contributed by atoms with van der Waals surface area (Å²) in [6, 6.07) is 3.53. The Morgan fingerprint density at radius 3 is 2.79 bits per heavy atom. The minimum atomic E-state index is -0.348. The Morgan fingerprint density at radius 1 is 1.57 bits per heavy atom. The number of pyridine rings is 1. The quantitative estimate of drug-likeness (QED) is 0.692. The third-order valence-corrected chi connectivity index (χ3v) is 2.00. The number of carbonyl (C=O) groups is 1. The minimum Gasteiger partial charge on any atom is -0.458 e. The average molecular weight is 193 g/mol. The number of aromatic nitrogens is 1. The zero-order valence-electron chi connectivity index (χ0n) is 8.78. The zero-order chi connectivity index (χ0) is 10.6. The van der Waals surface area contributed by atoms with E-state index in [1.54, 1.807) is 12.3 Å². The van der Waals surface area contributed by atoms with Crippen LogP contribution in [0, 0.1) is 6.92 Å². The number of aryl methyl sites for hydroxylation is 1. The summed E-state index contributed by atoms with van der Waals surface area (Å²) in [5.74, 6) is -0.348. The molecule has 0 aliphatic rings. The Labute approximate surface area is 84.1 Å². The van der Waals surface area contributed by atoms with Crippen LogP contribution < -0.4 is 0 Å². The van der Waals surface area contributed by atoms with E-state index in [0.29, 0.717) is 5.69 Å². The average Bonchev–Trinajstić information content (AvgIpc) is 2.18. The number of ether oxygens (including phenoxy) is 1. The Hall–Kier alpha value is -1.38. The van der Waals surface area contributed by atoms with Crippen molar-refractivity contribution in [3.63, 3.8) is 0 Å². The molecular weight excluding hydrogens is 178 g/mol. The van der Waals surface area contributed by atoms with Crippen molar-refractivity contribution in [3.8, 4) is 0 Å². The second-order valence-corrected chi connectivity index (χ2v) is 3.34. The molecule has 0 N–H and O–H groups in total. The highest BCUT2D eigenvalue weighted by Gasteiger charge is 2.11. The summed E-state index contributed by atoms with van der Waals surface area (Å²) in [6.45, 7) is 5.77. The van der Waals surface area contributed by atoms with Crippen LogP contribution in [0.2, 0.25) is 0 Å². The molecule has 1 aromatic rings. The van der Waals surface area contributed by atoms with Crippen molar-refractivity contribution in [2.45, 2.75) is 33.3 Å². The van der Waals surface area contributed by atoms with Gasteiger partial charge in [-0.25, -0.2) is 9.78 Å². The van der Waals surface area contributed by atoms with E-state index in [1.165, 1.54) is 0 Å². The molecule has 3 nitrogen and oxygen atoms in total. The van der Waals surface area contributed by atoms with E-state index in [4.69, 9.17) is 4.74 Å². The van der Waals surface area contributed by atoms with Crippen LogP contribution in [0.15, 0.2) is 18.3 Å². The molecule has 0 bridgehead atoms. The van der Waals surface area contributed by atoms with Gasteiger partial charge in [0.2, 0.25) is 0 Å². The largest absolute Gasteiger partial charge is 0.458 e. The molecule has 0 aromatic carbocycles. The smallest absolute Gasteiger partial charge is 0.357 e. The van der Waals surface area contributed by atoms with Crippen LogP contribution in [0.3, 0.4) is 0 Å². The van der Waals surface area contributed by atoms with Gasteiger partial charge in [-0.2, -0.15) is 0 Å². The van der Waals surface area contributed by atoms with Crippen LogP contribution in [-0.2, 0) is 4.74 Å². The molecule has 0 radical (unpaired) electrons. The van der Waals surface area contributed by atoms with Crippen molar-refractivity contribution in [2.24, 2.45) is 0 Å². The van der Waals surface area contributed by atoms with E-state index in [0.717, 1.165) is 12.0 Å². The fourth-order valence-electron chi connectivity index (χ4n) is 0.915. The molecule has 1 heterocycles. The number of carbonyl (C=O) groups excluding carboxylic acids is 1. The maximum Gasteiger partial charge on any atom is 0.357 e. The third-order valence-electron chi connectivity index (χ3n) is 2.00. The highest BCUT2D eigenvalue weighted by atomic mass is 16.5. The predicted octanol–water partition coefficient (Wildman–Crippen LogP) is 2.35. The first kappa shape index (κ1) is 10.7. The lowest BCUT2D eigenvalue weighted by atomic mass is 10.2. The number of hydrogen-bond acceptors (Lipinski definition) is 3. The lowest BCUT2D eigenvalue weighted by molar-refractivity contribution is 0.0327. The van der Waals surface area contributed by atoms with E-state index < -0.39 is 0 Å². The lowest BCUT2D eigenvalue weighted by Crippen LogP contribution is -2.15. The molecule has 1 aromatic heterocycles. The van der Waals surface area contributed by atoms with Crippen LogP contribution >= 0.6 is 0 Å². The first-order valence-electron chi connectivity index (χ1n) is 4.77. The molecule has 1 unspecified atom stereocenters. The summed E-state index contributed by atoms with van der Waals surface area (Å²) in [7, 11) is 0. The molecule has 1 rings (SSSR count). The van der Waals surface area contributed by atoms with Gasteiger partial charge in [0.05, 0.1) is 6.10 Å². The van der Waals surface area contributed by atoms with E-state index in [-0.39, 0.29) is 12.1 Å². The van der Waals surface area contributed by atoms with Gasteiger partial charge < -0.3 is 4.74 Å². The van der Waals surface area contributed by atoms with Gasteiger partial charge >= 0.3 is 5.97 Å². The van der Waals surface area contributed by atoms with Crippen LogP contribution in [-0.4, -0.2) is 17.1 Å². The number of esters is 1. The lowest BCUT2D eigenvalue weighted by Gasteiger charge is -2.09. The van der Waals surface area contributed by atoms with E-state index in [1.807, 2.05) is 26.8 Å². The van der Waals surface area contributed by atoms with Crippen LogP contribution in [0.1, 0.15) is 36.3 Å². The van der Waals surface area contributed by atoms with Gasteiger partial charge in [0.15, 0.2) is 0 Å². The van der Waals surface area contributed by atoms with Crippen molar-refractivity contribution >= 4 is 5.97 Å². The van der Waals surface area contributed by atoms with Crippen molar-refractivity contribution in [3.05, 3.63) is 29.6 Å². The first-order chi connectivity index (χ1) is 6.63. The maximum atomic E-state index is 11.4. The van der Waals surface area contributed by atoms with Gasteiger partial charge in [-0.1, -0.05) is 13.0 Å². The van der Waals surface area contributed by atoms with Crippen LogP contribution in [0.4, 0.5) is 0 Å². The van der Waals surface area contributed by atoms with Crippen molar-refractivity contribution < 1.29 is 9.53 Å². The van der Waals surface area contributed by atoms with Gasteiger partial charge in [-0.05, 0) is 31.9 Å². The maximum absolute atomic E-state index is 11.4. The number of rotatable bonds is 3. The fourth-order valence-corrected chi connectivity index (χ4v) is 0.915. The fraction of sp³-hybridized carbons (Fsp3) is 0.455. The van der Waals surface area contributed by atoms with Gasteiger partial charge in [-0.3, -0.25) is 0 Å². The number of nitrogens with zero attached hydrogens (tertiary/aromatic N) is 1. The summed E-state index contributed by atoms with van der Waals surface area (Å²) in [5, 5.41) is 0. The third kappa shape index (κ3) is 2.83. The Balaban J connectivity index is 2.65. The monoisotopic (exact) mass is 193 g/mol. The first-order valence-corrected chi connectivity index (χ1v) is 4.77. The van der Waals surface area contributed by atoms with Crippen molar-refractivity contribution in [1.29, 1.82) is 0 Å². The molecule has 1 atom stereocenters. The zero-order valence-corrected chi connectivity index (χ0v) is 8.78. The Kier molecular flexibility index (Phi) is 3.63. The minimum absolute atomic E-state index is 0.0504. The van der Waals surface area contributed by atoms with Crippen LogP contribution in [0.5, 0.6) is 0 Å². The molecule has 0 fully saturated rings. The summed E-state index contributed by atoms with van der Waals surface area (Å²) in [6.07, 6.45) is 2.43. The summed E-state index contributed by atoms with van der Waals surface area (Å²) in [5.41, 5.74) is 1.40. The molecule has 0 amide bonds. The van der Waals surface area contributed by atoms with E-state index in [2.05, 4.69) is 4.98 Å². The van der Waals surface area contributed by atoms with Crippen LogP contribution in [0.25, 0.3) is 0 Å². The molecular formula is C11H15NO2. The van der Waals surface area contributed by atoms with Gasteiger partial charge in [-0.15, -0.1) is 0 Å². The standard InChI is InChI=1S/C11H15NO2/c1-4-9(3)14-11(13)10-6-5-8(2)7-12-10/h5-7,9H,4H2,1-3H3. The molecule has 14 heavy (non-hydrogen) atoms. The predicted molar refractivity (Wildman–Crippen MR) is 54.1 cm³/mol. The molecule has 3 heteroatoms. The molecule has 76 valence electrons. The second kappa shape index (κ2) is 4.74. The molecule has 0 spiro atoms. The SMILES string of the molecule is CCC(C)OC(=O)c1ccc(C)cn1. The highest BCUT2D eigenvalue weighted by molar-refractivity contribution is 5.87. The molecule has 0 saturated heterocycles. The molecule has 0 aliphatic heterocycles. The highest BCUT2D eigenvalue weighted by Crippen LogP contribution is 2.04. The summed E-state index contributed by atoms with van der Waals surface area (Å²) < 4.78 is 5.12. The summed E-state index contributed by atoms with van der Waals surface area (Å²) in [4.78, 5) is 15.4. The van der Waals surface area contributed by atoms with E-state index in [9.17, 15) is 4.79 Å². The molecule has 0 aliphatic carbocycles.